The van der Waals surface area contributed by atoms with E-state index in [0.29, 0.717) is 19.4 Å². The first-order valence-electron chi connectivity index (χ1n) is 11.7. The van der Waals surface area contributed by atoms with Crippen LogP contribution in [0, 0.1) is 0 Å². The van der Waals surface area contributed by atoms with Gasteiger partial charge in [-0.05, 0) is 41.8 Å². The lowest BCUT2D eigenvalue weighted by Crippen LogP contribution is -2.57. The molecule has 2 rings (SSSR count). The Bertz CT molecular complexity index is 654. The smallest absolute Gasteiger partial charge is 0.192 e. The molecule has 1 aliphatic rings. The molecule has 31 heavy (non-hydrogen) atoms. The first-order chi connectivity index (χ1) is 14.0. The maximum atomic E-state index is 11.3. The third kappa shape index (κ3) is 6.99. The number of benzene rings is 1. The molecule has 1 N–H and O–H groups in total. The molecule has 1 saturated carbocycles. The monoisotopic (exact) mass is 466 g/mol. The van der Waals surface area contributed by atoms with Gasteiger partial charge in [0.25, 0.3) is 0 Å². The molecule has 0 saturated heterocycles. The Morgan fingerprint density at radius 2 is 1.23 bits per heavy atom. The van der Waals surface area contributed by atoms with Crippen LogP contribution in [0.5, 0.6) is 0 Å². The van der Waals surface area contributed by atoms with Crippen molar-refractivity contribution in [3.8, 4) is 0 Å². The fraction of sp³-hybridized carbons (Fsp3) is 0.760. The van der Waals surface area contributed by atoms with Crippen molar-refractivity contribution in [1.29, 1.82) is 0 Å². The second kappa shape index (κ2) is 9.78. The van der Waals surface area contributed by atoms with Gasteiger partial charge in [0, 0.05) is 12.8 Å². The molecule has 4 nitrogen and oxygen atoms in total. The highest BCUT2D eigenvalue weighted by molar-refractivity contribution is 6.74. The van der Waals surface area contributed by atoms with Crippen LogP contribution in [-0.2, 0) is 20.2 Å². The lowest BCUT2D eigenvalue weighted by molar-refractivity contribution is -0.124. The summed E-state index contributed by atoms with van der Waals surface area (Å²) >= 11 is 0. The van der Waals surface area contributed by atoms with Crippen LogP contribution in [0.25, 0.3) is 0 Å². The summed E-state index contributed by atoms with van der Waals surface area (Å²) in [5.74, 6) is 0. The van der Waals surface area contributed by atoms with E-state index in [9.17, 15) is 5.11 Å². The van der Waals surface area contributed by atoms with E-state index in [4.69, 9.17) is 13.6 Å². The van der Waals surface area contributed by atoms with Crippen molar-refractivity contribution in [2.75, 3.05) is 0 Å². The number of ether oxygens (including phenoxy) is 1. The van der Waals surface area contributed by atoms with Crippen molar-refractivity contribution >= 4 is 16.6 Å². The zero-order chi connectivity index (χ0) is 23.7. The van der Waals surface area contributed by atoms with Gasteiger partial charge in [-0.1, -0.05) is 71.9 Å². The molecular formula is C25H46O4Si2. The quantitative estimate of drug-likeness (QED) is 0.465. The van der Waals surface area contributed by atoms with Crippen LogP contribution in [0.3, 0.4) is 0 Å². The molecule has 6 heteroatoms. The van der Waals surface area contributed by atoms with Crippen LogP contribution in [0.2, 0.25) is 36.3 Å². The largest absolute Gasteiger partial charge is 0.411 e. The highest BCUT2D eigenvalue weighted by atomic mass is 28.4. The summed E-state index contributed by atoms with van der Waals surface area (Å²) in [6, 6.07) is 10.3. The highest BCUT2D eigenvalue weighted by Gasteiger charge is 2.48. The van der Waals surface area contributed by atoms with Crippen LogP contribution >= 0.6 is 0 Å². The lowest BCUT2D eigenvalue weighted by Gasteiger charge is -2.48. The Hall–Kier alpha value is -0.506. The summed E-state index contributed by atoms with van der Waals surface area (Å²) in [4.78, 5) is 0. The SMILES string of the molecule is CC(C)(C)[Si](C)(C)OC1CC(OCc2ccccc2)CC(O[Si](C)(C)C(C)(C)C)C1O. The average molecular weight is 467 g/mol. The van der Waals surface area contributed by atoms with Gasteiger partial charge in [0.1, 0.15) is 6.10 Å². The summed E-state index contributed by atoms with van der Waals surface area (Å²) in [5, 5.41) is 11.5. The lowest BCUT2D eigenvalue weighted by atomic mass is 9.90. The molecule has 1 aromatic carbocycles. The molecule has 2 unspecified atom stereocenters. The fourth-order valence-electron chi connectivity index (χ4n) is 3.40. The average Bonchev–Trinajstić information content (AvgIpc) is 2.62. The fourth-order valence-corrected chi connectivity index (χ4v) is 6.10. The standard InChI is InChI=1S/C25H46O4Si2/c1-24(2,3)30(7,8)28-21-16-20(27-18-19-14-12-11-13-15-19)17-22(23(21)26)29-31(9,10)25(4,5)6/h11-15,20-23,26H,16-18H2,1-10H3. The van der Waals surface area contributed by atoms with Gasteiger partial charge in [0.2, 0.25) is 0 Å². The molecule has 0 heterocycles. The van der Waals surface area contributed by atoms with E-state index in [1.807, 2.05) is 18.2 Å². The van der Waals surface area contributed by atoms with Gasteiger partial charge >= 0.3 is 0 Å². The van der Waals surface area contributed by atoms with Crippen LogP contribution < -0.4 is 0 Å². The van der Waals surface area contributed by atoms with Crippen LogP contribution in [0.15, 0.2) is 30.3 Å². The number of hydrogen-bond acceptors (Lipinski definition) is 4. The second-order valence-electron chi connectivity index (χ2n) is 12.2. The maximum Gasteiger partial charge on any atom is 0.192 e. The van der Waals surface area contributed by atoms with Crippen molar-refractivity contribution in [1.82, 2.24) is 0 Å². The summed E-state index contributed by atoms with van der Waals surface area (Å²) in [5.41, 5.74) is 1.16. The van der Waals surface area contributed by atoms with E-state index in [1.54, 1.807) is 0 Å². The third-order valence-electron chi connectivity index (χ3n) is 7.59. The van der Waals surface area contributed by atoms with Gasteiger partial charge in [-0.25, -0.2) is 0 Å². The number of aliphatic hydroxyl groups excluding tert-OH is 1. The van der Waals surface area contributed by atoms with Crippen LogP contribution in [0.4, 0.5) is 0 Å². The predicted octanol–water partition coefficient (Wildman–Crippen LogP) is 6.51. The zero-order valence-corrected chi connectivity index (χ0v) is 23.5. The van der Waals surface area contributed by atoms with Gasteiger partial charge in [-0.3, -0.25) is 0 Å². The normalized spacial score (nSPS) is 26.2. The van der Waals surface area contributed by atoms with E-state index in [-0.39, 0.29) is 28.4 Å². The first-order valence-corrected chi connectivity index (χ1v) is 17.5. The Balaban J connectivity index is 2.21. The van der Waals surface area contributed by atoms with Crippen molar-refractivity contribution in [2.45, 2.75) is 122 Å². The Kier molecular flexibility index (Phi) is 8.43. The minimum absolute atomic E-state index is 0.00754. The minimum Gasteiger partial charge on any atom is -0.411 e. The molecule has 0 aliphatic heterocycles. The molecule has 178 valence electrons. The molecule has 2 atom stereocenters. The highest BCUT2D eigenvalue weighted by Crippen LogP contribution is 2.42. The molecule has 1 aliphatic carbocycles. The molecule has 1 fully saturated rings. The zero-order valence-electron chi connectivity index (χ0n) is 21.5. The van der Waals surface area contributed by atoms with Gasteiger partial charge in [0.15, 0.2) is 16.6 Å². The Labute approximate surface area is 193 Å². The molecule has 1 aromatic rings. The van der Waals surface area contributed by atoms with Gasteiger partial charge in [-0.2, -0.15) is 0 Å². The molecule has 0 amide bonds. The number of rotatable bonds is 7. The van der Waals surface area contributed by atoms with Gasteiger partial charge in [0.05, 0.1) is 24.9 Å². The summed E-state index contributed by atoms with van der Waals surface area (Å²) < 4.78 is 19.8. The van der Waals surface area contributed by atoms with Gasteiger partial charge in [-0.15, -0.1) is 0 Å². The topological polar surface area (TPSA) is 47.9 Å². The number of aliphatic hydroxyl groups is 1. The molecule has 0 aromatic heterocycles. The summed E-state index contributed by atoms with van der Waals surface area (Å²) in [6.07, 6.45) is 0.277. The van der Waals surface area contributed by atoms with E-state index >= 15 is 0 Å². The van der Waals surface area contributed by atoms with Gasteiger partial charge < -0.3 is 18.7 Å². The van der Waals surface area contributed by atoms with Crippen molar-refractivity contribution < 1.29 is 18.7 Å². The number of hydrogen-bond donors (Lipinski definition) is 1. The molecule has 0 spiro atoms. The van der Waals surface area contributed by atoms with Crippen molar-refractivity contribution in [3.63, 3.8) is 0 Å². The molecule has 0 bridgehead atoms. The maximum absolute atomic E-state index is 11.3. The minimum atomic E-state index is -2.04. The van der Waals surface area contributed by atoms with E-state index < -0.39 is 22.7 Å². The molecule has 0 radical (unpaired) electrons. The summed E-state index contributed by atoms with van der Waals surface area (Å²) in [7, 11) is -4.07. The van der Waals surface area contributed by atoms with E-state index in [2.05, 4.69) is 79.9 Å². The van der Waals surface area contributed by atoms with Crippen molar-refractivity contribution in [3.05, 3.63) is 35.9 Å². The molecular weight excluding hydrogens is 420 g/mol. The van der Waals surface area contributed by atoms with Crippen LogP contribution in [0.1, 0.15) is 59.9 Å². The Morgan fingerprint density at radius 1 is 0.806 bits per heavy atom. The van der Waals surface area contributed by atoms with E-state index in [0.717, 1.165) is 5.56 Å². The third-order valence-corrected chi connectivity index (χ3v) is 16.6. The second-order valence-corrected chi connectivity index (χ2v) is 21.7. The first kappa shape index (κ1) is 26.7. The van der Waals surface area contributed by atoms with Crippen molar-refractivity contribution in [2.24, 2.45) is 0 Å². The summed E-state index contributed by atoms with van der Waals surface area (Å²) in [6.45, 7) is 23.0. The van der Waals surface area contributed by atoms with E-state index in [1.165, 1.54) is 0 Å². The Morgan fingerprint density at radius 3 is 1.61 bits per heavy atom. The predicted molar refractivity (Wildman–Crippen MR) is 134 cm³/mol. The van der Waals surface area contributed by atoms with Crippen LogP contribution in [-0.4, -0.2) is 46.2 Å².